The minimum Gasteiger partial charge on any atom is -0.273 e. The summed E-state index contributed by atoms with van der Waals surface area (Å²) in [5, 5.41) is 10.2. The molecule has 0 spiro atoms. The molecule has 0 atom stereocenters. The number of rotatable bonds is 0. The molecule has 0 saturated carbocycles. The Hall–Kier alpha value is -1.06. The van der Waals surface area contributed by atoms with E-state index in [9.17, 15) is 0 Å². The summed E-state index contributed by atoms with van der Waals surface area (Å²) in [6.45, 7) is 0.715. The minimum absolute atomic E-state index is 0.715. The molecule has 1 aliphatic rings. The van der Waals surface area contributed by atoms with Crippen molar-refractivity contribution in [2.45, 2.75) is 6.54 Å². The van der Waals surface area contributed by atoms with Crippen LogP contribution >= 0.6 is 0 Å². The lowest BCUT2D eigenvalue weighted by molar-refractivity contribution is 0.221. The Labute approximate surface area is 58.8 Å². The predicted octanol–water partition coefficient (Wildman–Crippen LogP) is 0.900. The van der Waals surface area contributed by atoms with Crippen molar-refractivity contribution in [2.75, 3.05) is 5.17 Å². The maximum Gasteiger partial charge on any atom is 0.0866 e. The normalized spacial score (nSPS) is 15.5. The van der Waals surface area contributed by atoms with Crippen LogP contribution in [0.2, 0.25) is 0 Å². The first kappa shape index (κ1) is 5.70. The van der Waals surface area contributed by atoms with E-state index in [1.54, 1.807) is 0 Å². The average Bonchev–Trinajstić information content (AvgIpc) is 2.34. The van der Waals surface area contributed by atoms with Gasteiger partial charge in [-0.3, -0.25) is 5.21 Å². The number of fused-ring (bicyclic) bond motifs is 1. The molecule has 1 aliphatic heterocycles. The van der Waals surface area contributed by atoms with Gasteiger partial charge in [-0.1, -0.05) is 18.2 Å². The van der Waals surface area contributed by atoms with Crippen LogP contribution in [0.25, 0.3) is 0 Å². The second-order valence-corrected chi connectivity index (χ2v) is 2.28. The largest absolute Gasteiger partial charge is 0.273 e. The lowest BCUT2D eigenvalue weighted by Crippen LogP contribution is -2.27. The molecule has 0 aromatic heterocycles. The van der Waals surface area contributed by atoms with Crippen molar-refractivity contribution in [1.29, 1.82) is 0 Å². The first-order valence-electron chi connectivity index (χ1n) is 3.18. The number of hydrogen-bond donors (Lipinski definition) is 2. The van der Waals surface area contributed by atoms with Gasteiger partial charge in [-0.2, -0.15) is 5.17 Å². The molecule has 0 aliphatic carbocycles. The number of para-hydroxylation sites is 1. The SMILES string of the molecule is ON1NCc2ccccc21. The number of nitrogens with one attached hydrogen (secondary N) is 1. The fraction of sp³-hybridized carbons (Fsp3) is 0.143. The van der Waals surface area contributed by atoms with Crippen molar-refractivity contribution in [2.24, 2.45) is 0 Å². The third kappa shape index (κ3) is 0.683. The van der Waals surface area contributed by atoms with Crippen LogP contribution < -0.4 is 10.6 Å². The molecule has 0 unspecified atom stereocenters. The van der Waals surface area contributed by atoms with E-state index in [2.05, 4.69) is 5.43 Å². The molecule has 3 nitrogen and oxygen atoms in total. The van der Waals surface area contributed by atoms with Crippen molar-refractivity contribution >= 4 is 5.69 Å². The Morgan fingerprint density at radius 1 is 1.40 bits per heavy atom. The van der Waals surface area contributed by atoms with Gasteiger partial charge in [0.25, 0.3) is 0 Å². The summed E-state index contributed by atoms with van der Waals surface area (Å²) in [6, 6.07) is 7.71. The highest BCUT2D eigenvalue weighted by atomic mass is 16.5. The maximum absolute atomic E-state index is 9.10. The quantitative estimate of drug-likeness (QED) is 0.556. The second kappa shape index (κ2) is 1.97. The molecule has 52 valence electrons. The lowest BCUT2D eigenvalue weighted by Gasteiger charge is -2.07. The molecule has 0 bridgehead atoms. The fourth-order valence-electron chi connectivity index (χ4n) is 1.11. The lowest BCUT2D eigenvalue weighted by atomic mass is 10.2. The Balaban J connectivity index is 2.51. The van der Waals surface area contributed by atoms with Gasteiger partial charge in [-0.25, -0.2) is 5.43 Å². The molecule has 0 fully saturated rings. The third-order valence-corrected chi connectivity index (χ3v) is 1.64. The van der Waals surface area contributed by atoms with E-state index in [4.69, 9.17) is 5.21 Å². The summed E-state index contributed by atoms with van der Waals surface area (Å²) >= 11 is 0. The molecular formula is C7H8N2O. The average molecular weight is 136 g/mol. The van der Waals surface area contributed by atoms with Crippen LogP contribution in [-0.4, -0.2) is 5.21 Å². The highest BCUT2D eigenvalue weighted by Gasteiger charge is 2.14. The molecule has 1 aromatic rings. The fourth-order valence-corrected chi connectivity index (χ4v) is 1.11. The van der Waals surface area contributed by atoms with Crippen molar-refractivity contribution in [1.82, 2.24) is 5.43 Å². The van der Waals surface area contributed by atoms with E-state index in [0.717, 1.165) is 16.4 Å². The van der Waals surface area contributed by atoms with Crippen LogP contribution in [0.15, 0.2) is 24.3 Å². The smallest absolute Gasteiger partial charge is 0.0866 e. The zero-order chi connectivity index (χ0) is 6.97. The van der Waals surface area contributed by atoms with Crippen LogP contribution in [-0.2, 0) is 6.54 Å². The van der Waals surface area contributed by atoms with Gasteiger partial charge in [0.05, 0.1) is 5.69 Å². The molecular weight excluding hydrogens is 128 g/mol. The standard InChI is InChI=1S/C7H8N2O/c10-9-7-4-2-1-3-6(7)5-8-9/h1-4,8,10H,5H2. The topological polar surface area (TPSA) is 35.5 Å². The van der Waals surface area contributed by atoms with Gasteiger partial charge in [0.2, 0.25) is 0 Å². The zero-order valence-corrected chi connectivity index (χ0v) is 5.41. The molecule has 2 rings (SSSR count). The van der Waals surface area contributed by atoms with Gasteiger partial charge in [0.1, 0.15) is 0 Å². The van der Waals surface area contributed by atoms with Crippen LogP contribution in [0.4, 0.5) is 5.69 Å². The summed E-state index contributed by atoms with van der Waals surface area (Å²) in [5.41, 5.74) is 4.75. The van der Waals surface area contributed by atoms with E-state index in [-0.39, 0.29) is 0 Å². The molecule has 3 heteroatoms. The first-order chi connectivity index (χ1) is 4.88. The van der Waals surface area contributed by atoms with Crippen LogP contribution in [0.3, 0.4) is 0 Å². The zero-order valence-electron chi connectivity index (χ0n) is 5.41. The highest BCUT2D eigenvalue weighted by molar-refractivity contribution is 5.53. The molecule has 10 heavy (non-hydrogen) atoms. The van der Waals surface area contributed by atoms with Crippen LogP contribution in [0.5, 0.6) is 0 Å². The summed E-state index contributed by atoms with van der Waals surface area (Å²) in [5.74, 6) is 0. The third-order valence-electron chi connectivity index (χ3n) is 1.64. The number of anilines is 1. The van der Waals surface area contributed by atoms with Crippen molar-refractivity contribution in [3.8, 4) is 0 Å². The summed E-state index contributed by atoms with van der Waals surface area (Å²) in [4.78, 5) is 0. The van der Waals surface area contributed by atoms with E-state index in [1.807, 2.05) is 24.3 Å². The summed E-state index contributed by atoms with van der Waals surface area (Å²) in [7, 11) is 0. The van der Waals surface area contributed by atoms with Gasteiger partial charge >= 0.3 is 0 Å². The van der Waals surface area contributed by atoms with Gasteiger partial charge < -0.3 is 0 Å². The van der Waals surface area contributed by atoms with Gasteiger partial charge in [0.15, 0.2) is 0 Å². The molecule has 0 saturated heterocycles. The van der Waals surface area contributed by atoms with Crippen LogP contribution in [0, 0.1) is 0 Å². The maximum atomic E-state index is 9.10. The number of hydrazine groups is 1. The van der Waals surface area contributed by atoms with E-state index >= 15 is 0 Å². The summed E-state index contributed by atoms with van der Waals surface area (Å²) < 4.78 is 0. The minimum atomic E-state index is 0.715. The number of benzene rings is 1. The van der Waals surface area contributed by atoms with Gasteiger partial charge in [-0.05, 0) is 11.6 Å². The molecule has 1 heterocycles. The molecule has 0 radical (unpaired) electrons. The Kier molecular flexibility index (Phi) is 1.12. The Morgan fingerprint density at radius 2 is 2.20 bits per heavy atom. The van der Waals surface area contributed by atoms with Crippen molar-refractivity contribution in [3.05, 3.63) is 29.8 Å². The van der Waals surface area contributed by atoms with Gasteiger partial charge in [-0.15, -0.1) is 0 Å². The van der Waals surface area contributed by atoms with E-state index < -0.39 is 0 Å². The van der Waals surface area contributed by atoms with E-state index in [0.29, 0.717) is 6.54 Å². The molecule has 1 aromatic carbocycles. The highest BCUT2D eigenvalue weighted by Crippen LogP contribution is 2.21. The Morgan fingerprint density at radius 3 is 3.00 bits per heavy atom. The number of hydrogen-bond acceptors (Lipinski definition) is 3. The van der Waals surface area contributed by atoms with Crippen LogP contribution in [0.1, 0.15) is 5.56 Å². The molecule has 2 N–H and O–H groups in total. The number of nitrogens with zero attached hydrogens (tertiary/aromatic N) is 1. The predicted molar refractivity (Wildman–Crippen MR) is 37.5 cm³/mol. The first-order valence-corrected chi connectivity index (χ1v) is 3.18. The molecule has 0 amide bonds. The second-order valence-electron chi connectivity index (χ2n) is 2.28. The van der Waals surface area contributed by atoms with Gasteiger partial charge in [0, 0.05) is 6.54 Å². The van der Waals surface area contributed by atoms with E-state index in [1.165, 1.54) is 0 Å². The monoisotopic (exact) mass is 136 g/mol. The summed E-state index contributed by atoms with van der Waals surface area (Å²) in [6.07, 6.45) is 0. The Bertz CT molecular complexity index is 249. The van der Waals surface area contributed by atoms with Crippen molar-refractivity contribution in [3.63, 3.8) is 0 Å². The van der Waals surface area contributed by atoms with Crippen molar-refractivity contribution < 1.29 is 5.21 Å².